The van der Waals surface area contributed by atoms with Crippen molar-refractivity contribution in [3.05, 3.63) is 48.3 Å². The fourth-order valence-corrected chi connectivity index (χ4v) is 2.17. The van der Waals surface area contributed by atoms with Crippen LogP contribution in [0.2, 0.25) is 0 Å². The average Bonchev–Trinajstić information content (AvgIpc) is 2.54. The molecule has 6 heteroatoms. The summed E-state index contributed by atoms with van der Waals surface area (Å²) in [5, 5.41) is 6.84. The number of hydrogen-bond donors (Lipinski definition) is 2. The van der Waals surface area contributed by atoms with Gasteiger partial charge < -0.3 is 20.1 Å². The van der Waals surface area contributed by atoms with Gasteiger partial charge >= 0.3 is 0 Å². The Kier molecular flexibility index (Phi) is 4.16. The fraction of sp³-hybridized carbons (Fsp3) is 0.200. The first-order valence-corrected chi connectivity index (χ1v) is 7.05. The van der Waals surface area contributed by atoms with Crippen molar-refractivity contribution in [3.8, 4) is 11.5 Å². The molecule has 5 nitrogen and oxygen atoms in total. The summed E-state index contributed by atoms with van der Waals surface area (Å²) >= 11 is 5.28. The molecule has 108 valence electrons. The van der Waals surface area contributed by atoms with Crippen molar-refractivity contribution in [2.24, 2.45) is 0 Å². The summed E-state index contributed by atoms with van der Waals surface area (Å²) in [4.78, 5) is 3.98. The Hall–Kier alpha value is -2.34. The summed E-state index contributed by atoms with van der Waals surface area (Å²) in [5.41, 5.74) is 1.99. The Morgan fingerprint density at radius 3 is 2.67 bits per heavy atom. The molecule has 0 fully saturated rings. The number of ether oxygens (including phenoxy) is 2. The summed E-state index contributed by atoms with van der Waals surface area (Å²) < 4.78 is 11.0. The van der Waals surface area contributed by atoms with Crippen LogP contribution in [0.4, 0.5) is 5.69 Å². The number of rotatable bonds is 3. The molecule has 1 aliphatic rings. The second-order valence-electron chi connectivity index (χ2n) is 4.52. The Morgan fingerprint density at radius 2 is 1.86 bits per heavy atom. The predicted molar refractivity (Wildman–Crippen MR) is 84.7 cm³/mol. The summed E-state index contributed by atoms with van der Waals surface area (Å²) in [6.07, 6.45) is 3.52. The lowest BCUT2D eigenvalue weighted by molar-refractivity contribution is 0.171. The molecule has 0 radical (unpaired) electrons. The van der Waals surface area contributed by atoms with E-state index in [2.05, 4.69) is 15.6 Å². The fourth-order valence-electron chi connectivity index (χ4n) is 1.98. The van der Waals surface area contributed by atoms with Crippen LogP contribution in [-0.4, -0.2) is 23.3 Å². The van der Waals surface area contributed by atoms with Crippen molar-refractivity contribution in [2.45, 2.75) is 6.54 Å². The number of fused-ring (bicyclic) bond motifs is 1. The van der Waals surface area contributed by atoms with Crippen molar-refractivity contribution in [2.75, 3.05) is 18.5 Å². The van der Waals surface area contributed by atoms with Crippen LogP contribution in [-0.2, 0) is 6.54 Å². The molecule has 1 aliphatic heterocycles. The molecule has 0 saturated carbocycles. The molecular weight excluding hydrogens is 286 g/mol. The van der Waals surface area contributed by atoms with Crippen LogP contribution >= 0.6 is 12.2 Å². The van der Waals surface area contributed by atoms with Gasteiger partial charge in [0.2, 0.25) is 0 Å². The molecule has 0 atom stereocenters. The minimum Gasteiger partial charge on any atom is -0.486 e. The average molecular weight is 301 g/mol. The molecule has 1 aromatic carbocycles. The predicted octanol–water partition coefficient (Wildman–Crippen LogP) is 2.34. The molecule has 1 aromatic heterocycles. The monoisotopic (exact) mass is 301 g/mol. The number of nitrogens with one attached hydrogen (secondary N) is 2. The molecule has 2 N–H and O–H groups in total. The molecule has 2 aromatic rings. The first-order valence-electron chi connectivity index (χ1n) is 6.65. The molecule has 21 heavy (non-hydrogen) atoms. The first kappa shape index (κ1) is 13.6. The summed E-state index contributed by atoms with van der Waals surface area (Å²) in [6.45, 7) is 1.81. The molecule has 0 aliphatic carbocycles. The highest BCUT2D eigenvalue weighted by atomic mass is 32.1. The van der Waals surface area contributed by atoms with E-state index in [9.17, 15) is 0 Å². The number of benzene rings is 1. The molecular formula is C15H15N3O2S. The Balaban J connectivity index is 1.57. The van der Waals surface area contributed by atoms with E-state index in [0.29, 0.717) is 24.9 Å². The van der Waals surface area contributed by atoms with Gasteiger partial charge in [-0.2, -0.15) is 0 Å². The normalized spacial score (nSPS) is 12.6. The van der Waals surface area contributed by atoms with Gasteiger partial charge in [-0.25, -0.2) is 0 Å². The highest BCUT2D eigenvalue weighted by Crippen LogP contribution is 2.32. The Morgan fingerprint density at radius 1 is 1.10 bits per heavy atom. The standard InChI is InChI=1S/C15H15N3O2S/c21-15(17-10-11-3-5-16-6-4-11)18-12-1-2-13-14(9-12)20-8-7-19-13/h1-6,9H,7-8,10H2,(H2,17,18,21). The smallest absolute Gasteiger partial charge is 0.171 e. The van der Waals surface area contributed by atoms with Crippen molar-refractivity contribution >= 4 is 23.0 Å². The summed E-state index contributed by atoms with van der Waals surface area (Å²) in [5.74, 6) is 1.51. The third kappa shape index (κ3) is 3.61. The molecule has 0 unspecified atom stereocenters. The van der Waals surface area contributed by atoms with E-state index < -0.39 is 0 Å². The van der Waals surface area contributed by atoms with E-state index >= 15 is 0 Å². The van der Waals surface area contributed by atoms with Crippen molar-refractivity contribution in [1.82, 2.24) is 10.3 Å². The third-order valence-corrected chi connectivity index (χ3v) is 3.25. The molecule has 0 spiro atoms. The van der Waals surface area contributed by atoms with Crippen molar-refractivity contribution in [1.29, 1.82) is 0 Å². The van der Waals surface area contributed by atoms with Gasteiger partial charge in [-0.3, -0.25) is 4.98 Å². The van der Waals surface area contributed by atoms with E-state index in [1.807, 2.05) is 30.3 Å². The molecule has 2 heterocycles. The van der Waals surface area contributed by atoms with Crippen LogP contribution in [0, 0.1) is 0 Å². The second kappa shape index (κ2) is 6.41. The van der Waals surface area contributed by atoms with Crippen LogP contribution in [0.5, 0.6) is 11.5 Å². The van der Waals surface area contributed by atoms with Gasteiger partial charge in [0.05, 0.1) is 0 Å². The van der Waals surface area contributed by atoms with Crippen molar-refractivity contribution in [3.63, 3.8) is 0 Å². The maximum absolute atomic E-state index is 5.54. The van der Waals surface area contributed by atoms with Crippen LogP contribution in [0.1, 0.15) is 5.56 Å². The van der Waals surface area contributed by atoms with Gasteiger partial charge in [-0.05, 0) is 42.0 Å². The van der Waals surface area contributed by atoms with Gasteiger partial charge in [-0.1, -0.05) is 0 Å². The van der Waals surface area contributed by atoms with Gasteiger partial charge in [0.25, 0.3) is 0 Å². The highest BCUT2D eigenvalue weighted by molar-refractivity contribution is 7.80. The molecule has 0 bridgehead atoms. The number of nitrogens with zero attached hydrogens (tertiary/aromatic N) is 1. The minimum atomic E-state index is 0.559. The van der Waals surface area contributed by atoms with Crippen molar-refractivity contribution < 1.29 is 9.47 Å². The van der Waals surface area contributed by atoms with Crippen LogP contribution in [0.15, 0.2) is 42.7 Å². The maximum Gasteiger partial charge on any atom is 0.171 e. The third-order valence-electron chi connectivity index (χ3n) is 3.00. The molecule has 3 rings (SSSR count). The van der Waals surface area contributed by atoms with E-state index in [1.54, 1.807) is 12.4 Å². The van der Waals surface area contributed by atoms with Crippen LogP contribution in [0.3, 0.4) is 0 Å². The van der Waals surface area contributed by atoms with Crippen LogP contribution < -0.4 is 20.1 Å². The Labute approximate surface area is 128 Å². The number of hydrogen-bond acceptors (Lipinski definition) is 4. The SMILES string of the molecule is S=C(NCc1ccncc1)Nc1ccc2c(c1)OCCO2. The number of thiocarbonyl (C=S) groups is 1. The van der Waals surface area contributed by atoms with Crippen LogP contribution in [0.25, 0.3) is 0 Å². The van der Waals surface area contributed by atoms with Gasteiger partial charge in [0, 0.05) is 30.7 Å². The highest BCUT2D eigenvalue weighted by Gasteiger charge is 2.11. The summed E-state index contributed by atoms with van der Waals surface area (Å²) in [7, 11) is 0. The lowest BCUT2D eigenvalue weighted by Gasteiger charge is -2.19. The lowest BCUT2D eigenvalue weighted by Crippen LogP contribution is -2.28. The number of pyridine rings is 1. The first-order chi connectivity index (χ1) is 10.3. The quantitative estimate of drug-likeness (QED) is 0.849. The second-order valence-corrected chi connectivity index (χ2v) is 4.93. The van der Waals surface area contributed by atoms with Gasteiger partial charge in [0.15, 0.2) is 16.6 Å². The Bertz CT molecular complexity index is 634. The number of anilines is 1. The van der Waals surface area contributed by atoms with E-state index in [4.69, 9.17) is 21.7 Å². The summed E-state index contributed by atoms with van der Waals surface area (Å²) in [6, 6.07) is 9.56. The molecule has 0 amide bonds. The molecule has 0 saturated heterocycles. The van der Waals surface area contributed by atoms with Gasteiger partial charge in [-0.15, -0.1) is 0 Å². The zero-order valence-electron chi connectivity index (χ0n) is 11.3. The van der Waals surface area contributed by atoms with E-state index in [-0.39, 0.29) is 0 Å². The zero-order chi connectivity index (χ0) is 14.5. The van der Waals surface area contributed by atoms with Gasteiger partial charge in [0.1, 0.15) is 13.2 Å². The largest absolute Gasteiger partial charge is 0.486 e. The minimum absolute atomic E-state index is 0.559. The lowest BCUT2D eigenvalue weighted by atomic mass is 10.2. The maximum atomic E-state index is 5.54. The zero-order valence-corrected chi connectivity index (χ0v) is 12.2. The van der Waals surface area contributed by atoms with E-state index in [0.717, 1.165) is 22.7 Å². The number of aromatic nitrogens is 1. The topological polar surface area (TPSA) is 55.4 Å². The van der Waals surface area contributed by atoms with E-state index in [1.165, 1.54) is 0 Å².